The third kappa shape index (κ3) is 4.89. The molecule has 0 aliphatic heterocycles. The standard InChI is InChI=1S/C13H17ClO/c1-15-13-9-7-12(8-10-13)6-4-2-3-5-11-14/h4,6-10H,2-3,5,11H2,1H3/b6-4-. The zero-order chi connectivity index (χ0) is 10.9. The summed E-state index contributed by atoms with van der Waals surface area (Å²) in [5, 5.41) is 0. The number of rotatable bonds is 6. The van der Waals surface area contributed by atoms with Crippen molar-refractivity contribution in [2.24, 2.45) is 0 Å². The van der Waals surface area contributed by atoms with Gasteiger partial charge in [0, 0.05) is 5.88 Å². The molecule has 0 aromatic heterocycles. The lowest BCUT2D eigenvalue weighted by Gasteiger charge is -1.99. The first-order chi connectivity index (χ1) is 7.36. The van der Waals surface area contributed by atoms with Gasteiger partial charge in [-0.1, -0.05) is 24.3 Å². The van der Waals surface area contributed by atoms with Crippen molar-refractivity contribution in [1.29, 1.82) is 0 Å². The summed E-state index contributed by atoms with van der Waals surface area (Å²) in [5.74, 6) is 1.66. The van der Waals surface area contributed by atoms with Crippen LogP contribution in [0.3, 0.4) is 0 Å². The Morgan fingerprint density at radius 2 is 1.93 bits per heavy atom. The van der Waals surface area contributed by atoms with Crippen LogP contribution in [0.25, 0.3) is 6.08 Å². The molecule has 0 radical (unpaired) electrons. The molecule has 0 spiro atoms. The highest BCUT2D eigenvalue weighted by Crippen LogP contribution is 2.12. The van der Waals surface area contributed by atoms with Crippen LogP contribution < -0.4 is 4.74 Å². The summed E-state index contributed by atoms with van der Waals surface area (Å²) in [6.45, 7) is 0. The molecule has 1 rings (SSSR count). The van der Waals surface area contributed by atoms with Crippen molar-refractivity contribution < 1.29 is 4.74 Å². The third-order valence-electron chi connectivity index (χ3n) is 2.18. The molecule has 0 aliphatic carbocycles. The van der Waals surface area contributed by atoms with Crippen LogP contribution >= 0.6 is 11.6 Å². The van der Waals surface area contributed by atoms with E-state index >= 15 is 0 Å². The third-order valence-corrected chi connectivity index (χ3v) is 2.45. The number of unbranched alkanes of at least 4 members (excludes halogenated alkanes) is 2. The van der Waals surface area contributed by atoms with E-state index in [1.54, 1.807) is 7.11 Å². The predicted octanol–water partition coefficient (Wildman–Crippen LogP) is 4.12. The van der Waals surface area contributed by atoms with E-state index in [2.05, 4.69) is 24.3 Å². The number of halogens is 1. The van der Waals surface area contributed by atoms with Gasteiger partial charge in [-0.25, -0.2) is 0 Å². The molecule has 0 bridgehead atoms. The van der Waals surface area contributed by atoms with Crippen LogP contribution in [-0.2, 0) is 0 Å². The van der Waals surface area contributed by atoms with E-state index in [1.807, 2.05) is 12.1 Å². The summed E-state index contributed by atoms with van der Waals surface area (Å²) in [4.78, 5) is 0. The van der Waals surface area contributed by atoms with E-state index in [4.69, 9.17) is 16.3 Å². The van der Waals surface area contributed by atoms with Crippen LogP contribution in [0, 0.1) is 0 Å². The lowest BCUT2D eigenvalue weighted by Crippen LogP contribution is -1.81. The van der Waals surface area contributed by atoms with Crippen LogP contribution in [0.15, 0.2) is 30.3 Å². The largest absolute Gasteiger partial charge is 0.497 e. The van der Waals surface area contributed by atoms with Gasteiger partial charge in [-0.15, -0.1) is 11.6 Å². The van der Waals surface area contributed by atoms with Gasteiger partial charge >= 0.3 is 0 Å². The second-order valence-corrected chi connectivity index (χ2v) is 3.74. The smallest absolute Gasteiger partial charge is 0.118 e. The van der Waals surface area contributed by atoms with Crippen molar-refractivity contribution in [3.8, 4) is 5.75 Å². The quantitative estimate of drug-likeness (QED) is 0.522. The maximum Gasteiger partial charge on any atom is 0.118 e. The molecule has 0 amide bonds. The summed E-state index contributed by atoms with van der Waals surface area (Å²) in [6, 6.07) is 8.05. The van der Waals surface area contributed by atoms with Gasteiger partial charge in [0.15, 0.2) is 0 Å². The van der Waals surface area contributed by atoms with Crippen LogP contribution in [0.5, 0.6) is 5.75 Å². The molecule has 0 N–H and O–H groups in total. The first-order valence-electron chi connectivity index (χ1n) is 5.23. The average molecular weight is 225 g/mol. The minimum absolute atomic E-state index is 0.760. The number of methoxy groups -OCH3 is 1. The second-order valence-electron chi connectivity index (χ2n) is 3.36. The fourth-order valence-electron chi connectivity index (χ4n) is 1.29. The Hall–Kier alpha value is -0.950. The van der Waals surface area contributed by atoms with Gasteiger partial charge in [-0.2, -0.15) is 0 Å². The van der Waals surface area contributed by atoms with E-state index in [0.717, 1.165) is 30.9 Å². The Kier molecular flexibility index (Phi) is 5.94. The summed E-state index contributed by atoms with van der Waals surface area (Å²) >= 11 is 5.59. The normalized spacial score (nSPS) is 10.8. The van der Waals surface area contributed by atoms with E-state index in [-0.39, 0.29) is 0 Å². The fourth-order valence-corrected chi connectivity index (χ4v) is 1.48. The van der Waals surface area contributed by atoms with Crippen molar-refractivity contribution in [2.45, 2.75) is 19.3 Å². The van der Waals surface area contributed by atoms with Gasteiger partial charge in [-0.05, 0) is 37.0 Å². The topological polar surface area (TPSA) is 9.23 Å². The zero-order valence-electron chi connectivity index (χ0n) is 9.08. The molecule has 82 valence electrons. The number of ether oxygens (including phenoxy) is 1. The van der Waals surface area contributed by atoms with Crippen molar-refractivity contribution in [2.75, 3.05) is 13.0 Å². The fraction of sp³-hybridized carbons (Fsp3) is 0.385. The number of alkyl halides is 1. The molecule has 0 fully saturated rings. The van der Waals surface area contributed by atoms with E-state index in [0.29, 0.717) is 0 Å². The molecule has 1 aromatic carbocycles. The number of hydrogen-bond donors (Lipinski definition) is 0. The lowest BCUT2D eigenvalue weighted by atomic mass is 10.1. The lowest BCUT2D eigenvalue weighted by molar-refractivity contribution is 0.415. The zero-order valence-corrected chi connectivity index (χ0v) is 9.83. The van der Waals surface area contributed by atoms with Crippen LogP contribution in [0.1, 0.15) is 24.8 Å². The second kappa shape index (κ2) is 7.36. The summed E-state index contributed by atoms with van der Waals surface area (Å²) in [6.07, 6.45) is 7.67. The van der Waals surface area contributed by atoms with Gasteiger partial charge in [0.25, 0.3) is 0 Å². The molecular weight excluding hydrogens is 208 g/mol. The highest BCUT2D eigenvalue weighted by atomic mass is 35.5. The Labute approximate surface area is 96.7 Å². The van der Waals surface area contributed by atoms with Gasteiger partial charge in [0.1, 0.15) is 5.75 Å². The van der Waals surface area contributed by atoms with Crippen LogP contribution in [0.4, 0.5) is 0 Å². The summed E-state index contributed by atoms with van der Waals surface area (Å²) in [5.41, 5.74) is 1.21. The maximum absolute atomic E-state index is 5.59. The first-order valence-corrected chi connectivity index (χ1v) is 5.77. The molecular formula is C13H17ClO. The molecule has 0 heterocycles. The highest BCUT2D eigenvalue weighted by molar-refractivity contribution is 6.17. The van der Waals surface area contributed by atoms with Crippen LogP contribution in [-0.4, -0.2) is 13.0 Å². The Morgan fingerprint density at radius 1 is 1.20 bits per heavy atom. The van der Waals surface area contributed by atoms with E-state index < -0.39 is 0 Å². The van der Waals surface area contributed by atoms with Gasteiger partial charge in [0.05, 0.1) is 7.11 Å². The van der Waals surface area contributed by atoms with Gasteiger partial charge in [0.2, 0.25) is 0 Å². The monoisotopic (exact) mass is 224 g/mol. The summed E-state index contributed by atoms with van der Waals surface area (Å²) < 4.78 is 5.09. The maximum atomic E-state index is 5.59. The minimum Gasteiger partial charge on any atom is -0.497 e. The molecule has 1 aromatic rings. The van der Waals surface area contributed by atoms with Crippen molar-refractivity contribution in [3.05, 3.63) is 35.9 Å². The molecule has 1 nitrogen and oxygen atoms in total. The SMILES string of the molecule is COc1ccc(/C=C\CCCCCl)cc1. The minimum atomic E-state index is 0.760. The van der Waals surface area contributed by atoms with Gasteiger partial charge < -0.3 is 4.74 Å². The number of hydrogen-bond acceptors (Lipinski definition) is 1. The molecule has 0 saturated heterocycles. The molecule has 0 aliphatic rings. The van der Waals surface area contributed by atoms with Crippen molar-refractivity contribution in [3.63, 3.8) is 0 Å². The van der Waals surface area contributed by atoms with E-state index in [9.17, 15) is 0 Å². The van der Waals surface area contributed by atoms with Crippen LogP contribution in [0.2, 0.25) is 0 Å². The predicted molar refractivity (Wildman–Crippen MR) is 66.6 cm³/mol. The molecule has 0 unspecified atom stereocenters. The van der Waals surface area contributed by atoms with Gasteiger partial charge in [-0.3, -0.25) is 0 Å². The Bertz CT molecular complexity index is 290. The average Bonchev–Trinajstić information content (AvgIpc) is 2.30. The molecule has 2 heteroatoms. The highest BCUT2D eigenvalue weighted by Gasteiger charge is 1.89. The Balaban J connectivity index is 2.36. The molecule has 0 saturated carbocycles. The molecule has 0 atom stereocenters. The van der Waals surface area contributed by atoms with Crippen molar-refractivity contribution >= 4 is 17.7 Å². The first kappa shape index (κ1) is 12.1. The number of allylic oxidation sites excluding steroid dienone is 1. The summed E-state index contributed by atoms with van der Waals surface area (Å²) in [7, 11) is 1.68. The van der Waals surface area contributed by atoms with E-state index in [1.165, 1.54) is 5.56 Å². The number of benzene rings is 1. The molecule has 15 heavy (non-hydrogen) atoms. The Morgan fingerprint density at radius 3 is 2.53 bits per heavy atom. The van der Waals surface area contributed by atoms with Crippen molar-refractivity contribution in [1.82, 2.24) is 0 Å².